The Labute approximate surface area is 202 Å². The minimum Gasteiger partial charge on any atom is -0.269 e. The minimum absolute atomic E-state index is 0.210. The van der Waals surface area contributed by atoms with Gasteiger partial charge < -0.3 is 0 Å². The molecule has 32 heavy (non-hydrogen) atoms. The summed E-state index contributed by atoms with van der Waals surface area (Å²) in [6, 6.07) is 4.47. The molecule has 0 spiro atoms. The highest BCUT2D eigenvalue weighted by Gasteiger charge is 2.14. The van der Waals surface area contributed by atoms with Crippen LogP contribution in [0.25, 0.3) is 0 Å². The standard InChI is InChI=1S/C30H53OP/c1-4-7-10-13-16-19-22-27-25-26-30(32-31)29(24-21-18-15-12-9-6-3)28(27)23-20-17-14-11-8-5-2/h25-26H,4-24H2,1-3H3. The van der Waals surface area contributed by atoms with Gasteiger partial charge in [-0.25, -0.2) is 0 Å². The summed E-state index contributed by atoms with van der Waals surface area (Å²) >= 11 is 0. The largest absolute Gasteiger partial charge is 0.269 e. The number of hydrogen-bond donors (Lipinski definition) is 0. The van der Waals surface area contributed by atoms with Gasteiger partial charge >= 0.3 is 0 Å². The molecular formula is C30H53OP. The van der Waals surface area contributed by atoms with Crippen molar-refractivity contribution in [2.45, 2.75) is 156 Å². The van der Waals surface area contributed by atoms with E-state index in [0.29, 0.717) is 0 Å². The maximum absolute atomic E-state index is 12.0. The highest BCUT2D eigenvalue weighted by atomic mass is 31.1. The van der Waals surface area contributed by atoms with Crippen molar-refractivity contribution < 1.29 is 4.57 Å². The Morgan fingerprint density at radius 2 is 0.906 bits per heavy atom. The molecule has 0 saturated carbocycles. The van der Waals surface area contributed by atoms with Crippen LogP contribution in [0.15, 0.2) is 12.1 Å². The van der Waals surface area contributed by atoms with Crippen LogP contribution in [-0.2, 0) is 23.8 Å². The van der Waals surface area contributed by atoms with Crippen molar-refractivity contribution in [2.24, 2.45) is 0 Å². The van der Waals surface area contributed by atoms with Gasteiger partial charge in [0.2, 0.25) is 0 Å². The molecule has 0 saturated heterocycles. The van der Waals surface area contributed by atoms with Crippen molar-refractivity contribution in [3.05, 3.63) is 28.8 Å². The molecule has 0 fully saturated rings. The molecule has 0 atom stereocenters. The SMILES string of the molecule is CCCCCCCCc1ccc(P=O)c(CCCCCCCC)c1CCCCCCCC. The molecule has 0 aliphatic heterocycles. The Balaban J connectivity index is 2.77. The van der Waals surface area contributed by atoms with Crippen molar-refractivity contribution in [2.75, 3.05) is 0 Å². The lowest BCUT2D eigenvalue weighted by molar-refractivity contribution is 0.592. The molecule has 0 aliphatic rings. The fraction of sp³-hybridized carbons (Fsp3) is 0.800. The minimum atomic E-state index is 0.210. The second-order valence-electron chi connectivity index (χ2n) is 9.85. The molecule has 0 aromatic heterocycles. The zero-order chi connectivity index (χ0) is 23.3. The lowest BCUT2D eigenvalue weighted by Crippen LogP contribution is -2.11. The molecule has 1 nitrogen and oxygen atoms in total. The molecule has 184 valence electrons. The number of aryl methyl sites for hydroxylation is 1. The van der Waals surface area contributed by atoms with Crippen LogP contribution in [0.3, 0.4) is 0 Å². The summed E-state index contributed by atoms with van der Waals surface area (Å²) in [5, 5.41) is 1.06. The quantitative estimate of drug-likeness (QED) is 0.124. The summed E-state index contributed by atoms with van der Waals surface area (Å²) in [7, 11) is 0.210. The van der Waals surface area contributed by atoms with Crippen molar-refractivity contribution in [3.8, 4) is 0 Å². The van der Waals surface area contributed by atoms with Crippen LogP contribution in [0.5, 0.6) is 0 Å². The lowest BCUT2D eigenvalue weighted by atomic mass is 9.90. The summed E-state index contributed by atoms with van der Waals surface area (Å²) in [5.41, 5.74) is 4.57. The Morgan fingerprint density at radius 3 is 1.38 bits per heavy atom. The van der Waals surface area contributed by atoms with E-state index in [9.17, 15) is 4.57 Å². The fourth-order valence-electron chi connectivity index (χ4n) is 4.90. The van der Waals surface area contributed by atoms with Gasteiger partial charge in [0.1, 0.15) is 0 Å². The first-order valence-electron chi connectivity index (χ1n) is 14.2. The van der Waals surface area contributed by atoms with Crippen LogP contribution in [0.1, 0.15) is 153 Å². The predicted octanol–water partition coefficient (Wildman–Crippen LogP) is 10.3. The molecule has 2 heteroatoms. The molecule has 0 amide bonds. The van der Waals surface area contributed by atoms with Crippen LogP contribution < -0.4 is 5.30 Å². The van der Waals surface area contributed by atoms with Gasteiger partial charge in [-0.2, -0.15) is 0 Å². The van der Waals surface area contributed by atoms with Crippen molar-refractivity contribution in [1.29, 1.82) is 0 Å². The first-order valence-corrected chi connectivity index (χ1v) is 15.1. The van der Waals surface area contributed by atoms with Crippen LogP contribution in [0.2, 0.25) is 0 Å². The second-order valence-corrected chi connectivity index (χ2v) is 10.5. The van der Waals surface area contributed by atoms with E-state index in [2.05, 4.69) is 32.9 Å². The summed E-state index contributed by atoms with van der Waals surface area (Å²) in [5.74, 6) is 0. The van der Waals surface area contributed by atoms with Gasteiger partial charge in [0.05, 0.1) is 0 Å². The average Bonchev–Trinajstić information content (AvgIpc) is 2.81. The van der Waals surface area contributed by atoms with Gasteiger partial charge in [-0.05, 0) is 61.3 Å². The zero-order valence-corrected chi connectivity index (χ0v) is 22.8. The number of unbranched alkanes of at least 4 members (excludes halogenated alkanes) is 15. The van der Waals surface area contributed by atoms with Gasteiger partial charge in [-0.1, -0.05) is 123 Å². The van der Waals surface area contributed by atoms with E-state index in [4.69, 9.17) is 0 Å². The Hall–Kier alpha value is -0.680. The van der Waals surface area contributed by atoms with E-state index in [1.807, 2.05) is 0 Å². The molecule has 0 bridgehead atoms. The first-order chi connectivity index (χ1) is 15.8. The Morgan fingerprint density at radius 1 is 0.500 bits per heavy atom. The molecule has 0 heterocycles. The molecule has 1 aromatic carbocycles. The second kappa shape index (κ2) is 20.9. The average molecular weight is 461 g/mol. The summed E-state index contributed by atoms with van der Waals surface area (Å²) < 4.78 is 12.0. The number of benzene rings is 1. The lowest BCUT2D eigenvalue weighted by Gasteiger charge is -2.17. The van der Waals surface area contributed by atoms with Crippen LogP contribution in [0, 0.1) is 0 Å². The smallest absolute Gasteiger partial charge is 0.192 e. The Bertz CT molecular complexity index is 580. The maximum atomic E-state index is 12.0. The van der Waals surface area contributed by atoms with Crippen LogP contribution >= 0.6 is 8.46 Å². The van der Waals surface area contributed by atoms with E-state index < -0.39 is 0 Å². The van der Waals surface area contributed by atoms with Gasteiger partial charge in [-0.3, -0.25) is 4.57 Å². The summed E-state index contributed by atoms with van der Waals surface area (Å²) in [6.45, 7) is 6.86. The third-order valence-corrected chi connectivity index (χ3v) is 7.58. The summed E-state index contributed by atoms with van der Waals surface area (Å²) in [6.07, 6.45) is 27.6. The van der Waals surface area contributed by atoms with E-state index in [0.717, 1.165) is 11.7 Å². The van der Waals surface area contributed by atoms with E-state index in [1.54, 1.807) is 11.1 Å². The van der Waals surface area contributed by atoms with Crippen molar-refractivity contribution in [3.63, 3.8) is 0 Å². The highest BCUT2D eigenvalue weighted by molar-refractivity contribution is 7.34. The van der Waals surface area contributed by atoms with Gasteiger partial charge in [0, 0.05) is 5.30 Å². The monoisotopic (exact) mass is 460 g/mol. The van der Waals surface area contributed by atoms with Crippen molar-refractivity contribution >= 4 is 13.8 Å². The first kappa shape index (κ1) is 29.4. The number of rotatable bonds is 22. The van der Waals surface area contributed by atoms with Crippen molar-refractivity contribution in [1.82, 2.24) is 0 Å². The van der Waals surface area contributed by atoms with Gasteiger partial charge in [0.15, 0.2) is 8.46 Å². The molecule has 0 unspecified atom stereocenters. The van der Waals surface area contributed by atoms with Gasteiger partial charge in [0.25, 0.3) is 0 Å². The van der Waals surface area contributed by atoms with Gasteiger partial charge in [-0.15, -0.1) is 0 Å². The highest BCUT2D eigenvalue weighted by Crippen LogP contribution is 2.24. The third-order valence-electron chi connectivity index (χ3n) is 6.96. The number of hydrogen-bond acceptors (Lipinski definition) is 1. The topological polar surface area (TPSA) is 17.1 Å². The van der Waals surface area contributed by atoms with Crippen LogP contribution in [-0.4, -0.2) is 0 Å². The van der Waals surface area contributed by atoms with E-state index in [1.165, 1.54) is 134 Å². The zero-order valence-electron chi connectivity index (χ0n) is 21.9. The predicted molar refractivity (Wildman–Crippen MR) is 145 cm³/mol. The molecule has 1 rings (SSSR count). The molecule has 1 aromatic rings. The molecular weight excluding hydrogens is 407 g/mol. The van der Waals surface area contributed by atoms with E-state index >= 15 is 0 Å². The maximum Gasteiger partial charge on any atom is 0.192 e. The molecule has 0 radical (unpaired) electrons. The molecule has 0 N–H and O–H groups in total. The van der Waals surface area contributed by atoms with Crippen LogP contribution in [0.4, 0.5) is 0 Å². The fourth-order valence-corrected chi connectivity index (χ4v) is 5.39. The molecule has 0 aliphatic carbocycles. The normalized spacial score (nSPS) is 11.5. The van der Waals surface area contributed by atoms with E-state index in [-0.39, 0.29) is 8.46 Å². The summed E-state index contributed by atoms with van der Waals surface area (Å²) in [4.78, 5) is 0. The third kappa shape index (κ3) is 13.1. The Kier molecular flexibility index (Phi) is 19.2.